The lowest BCUT2D eigenvalue weighted by Gasteiger charge is -2.30. The van der Waals surface area contributed by atoms with E-state index in [4.69, 9.17) is 15.3 Å². The molecule has 0 radical (unpaired) electrons. The second-order valence-electron chi connectivity index (χ2n) is 4.25. The number of hydrazine groups is 1. The maximum absolute atomic E-state index is 12.5. The molecule has 0 saturated carbocycles. The van der Waals surface area contributed by atoms with Crippen LogP contribution in [0.5, 0.6) is 0 Å². The molecule has 0 spiro atoms. The largest absolute Gasteiger partial charge is 0.416 e. The SMILES string of the molecule is NNC(c1ccc(C(F)(F)F)cc1)C1COCCO1. The predicted octanol–water partition coefficient (Wildman–Crippen LogP) is 1.63. The summed E-state index contributed by atoms with van der Waals surface area (Å²) >= 11 is 0. The minimum absolute atomic E-state index is 0.310. The van der Waals surface area contributed by atoms with Crippen LogP contribution in [0.4, 0.5) is 13.2 Å². The van der Waals surface area contributed by atoms with Crippen LogP contribution in [0.1, 0.15) is 17.2 Å². The van der Waals surface area contributed by atoms with Gasteiger partial charge in [0.05, 0.1) is 31.4 Å². The summed E-state index contributed by atoms with van der Waals surface area (Å²) < 4.78 is 48.2. The Morgan fingerprint density at radius 1 is 1.21 bits per heavy atom. The maximum Gasteiger partial charge on any atom is 0.416 e. The maximum atomic E-state index is 12.5. The molecule has 106 valence electrons. The summed E-state index contributed by atoms with van der Waals surface area (Å²) in [5, 5.41) is 0. The third-order valence-electron chi connectivity index (χ3n) is 2.99. The number of ether oxygens (including phenoxy) is 2. The molecule has 1 aromatic carbocycles. The molecule has 7 heteroatoms. The highest BCUT2D eigenvalue weighted by molar-refractivity contribution is 5.27. The van der Waals surface area contributed by atoms with Gasteiger partial charge in [0.1, 0.15) is 6.10 Å². The molecule has 2 rings (SSSR count). The smallest absolute Gasteiger partial charge is 0.376 e. The topological polar surface area (TPSA) is 56.5 Å². The molecule has 3 N–H and O–H groups in total. The monoisotopic (exact) mass is 276 g/mol. The molecular weight excluding hydrogens is 261 g/mol. The summed E-state index contributed by atoms with van der Waals surface area (Å²) in [6.45, 7) is 1.32. The highest BCUT2D eigenvalue weighted by atomic mass is 19.4. The molecule has 1 aliphatic heterocycles. The Morgan fingerprint density at radius 3 is 2.37 bits per heavy atom. The first-order valence-corrected chi connectivity index (χ1v) is 5.85. The number of benzene rings is 1. The average Bonchev–Trinajstić information content (AvgIpc) is 2.40. The minimum atomic E-state index is -4.34. The Balaban J connectivity index is 2.14. The molecule has 2 unspecified atom stereocenters. The molecule has 1 saturated heterocycles. The van der Waals surface area contributed by atoms with E-state index in [0.29, 0.717) is 25.4 Å². The first kappa shape index (κ1) is 14.3. The Hall–Kier alpha value is -1.15. The van der Waals surface area contributed by atoms with Gasteiger partial charge in [-0.2, -0.15) is 13.2 Å². The van der Waals surface area contributed by atoms with E-state index in [0.717, 1.165) is 12.1 Å². The zero-order valence-electron chi connectivity index (χ0n) is 10.1. The minimum Gasteiger partial charge on any atom is -0.376 e. The van der Waals surface area contributed by atoms with Crippen molar-refractivity contribution in [3.05, 3.63) is 35.4 Å². The Morgan fingerprint density at radius 2 is 1.89 bits per heavy atom. The average molecular weight is 276 g/mol. The zero-order chi connectivity index (χ0) is 13.9. The Labute approximate surface area is 108 Å². The molecule has 0 aliphatic carbocycles. The lowest BCUT2D eigenvalue weighted by atomic mass is 10.0. The third-order valence-corrected chi connectivity index (χ3v) is 2.99. The second-order valence-corrected chi connectivity index (χ2v) is 4.25. The van der Waals surface area contributed by atoms with Crippen LogP contribution in [0.25, 0.3) is 0 Å². The quantitative estimate of drug-likeness (QED) is 0.650. The molecule has 1 aromatic rings. The van der Waals surface area contributed by atoms with Crippen molar-refractivity contribution in [1.29, 1.82) is 0 Å². The summed E-state index contributed by atoms with van der Waals surface area (Å²) in [5.41, 5.74) is 2.50. The van der Waals surface area contributed by atoms with Crippen molar-refractivity contribution in [2.45, 2.75) is 18.3 Å². The van der Waals surface area contributed by atoms with E-state index in [2.05, 4.69) is 5.43 Å². The highest BCUT2D eigenvalue weighted by Gasteiger charge is 2.31. The van der Waals surface area contributed by atoms with E-state index in [9.17, 15) is 13.2 Å². The molecule has 0 amide bonds. The van der Waals surface area contributed by atoms with Gasteiger partial charge in [-0.25, -0.2) is 0 Å². The van der Waals surface area contributed by atoms with Crippen LogP contribution in [-0.4, -0.2) is 25.9 Å². The van der Waals surface area contributed by atoms with Gasteiger partial charge in [-0.15, -0.1) is 0 Å². The first-order valence-electron chi connectivity index (χ1n) is 5.85. The second kappa shape index (κ2) is 5.87. The van der Waals surface area contributed by atoms with Crippen molar-refractivity contribution < 1.29 is 22.6 Å². The van der Waals surface area contributed by atoms with Crippen molar-refractivity contribution in [2.24, 2.45) is 5.84 Å². The lowest BCUT2D eigenvalue weighted by Crippen LogP contribution is -2.43. The molecule has 0 bridgehead atoms. The number of rotatable bonds is 3. The van der Waals surface area contributed by atoms with Gasteiger partial charge < -0.3 is 9.47 Å². The summed E-state index contributed by atoms with van der Waals surface area (Å²) in [7, 11) is 0. The van der Waals surface area contributed by atoms with Crippen LogP contribution in [-0.2, 0) is 15.7 Å². The van der Waals surface area contributed by atoms with Gasteiger partial charge >= 0.3 is 6.18 Å². The number of nitrogens with two attached hydrogens (primary N) is 1. The van der Waals surface area contributed by atoms with E-state index < -0.39 is 17.8 Å². The van der Waals surface area contributed by atoms with Crippen molar-refractivity contribution in [3.63, 3.8) is 0 Å². The van der Waals surface area contributed by atoms with Gasteiger partial charge in [0.15, 0.2) is 0 Å². The fourth-order valence-corrected chi connectivity index (χ4v) is 2.00. The van der Waals surface area contributed by atoms with Crippen LogP contribution in [0.15, 0.2) is 24.3 Å². The fraction of sp³-hybridized carbons (Fsp3) is 0.500. The van der Waals surface area contributed by atoms with Crippen LogP contribution in [0.2, 0.25) is 0 Å². The highest BCUT2D eigenvalue weighted by Crippen LogP contribution is 2.30. The Kier molecular flexibility index (Phi) is 4.41. The lowest BCUT2D eigenvalue weighted by molar-refractivity contribution is -0.137. The third kappa shape index (κ3) is 3.44. The summed E-state index contributed by atoms with van der Waals surface area (Å²) in [5.74, 6) is 5.45. The fourth-order valence-electron chi connectivity index (χ4n) is 2.00. The van der Waals surface area contributed by atoms with E-state index in [1.807, 2.05) is 0 Å². The van der Waals surface area contributed by atoms with Gasteiger partial charge in [0.25, 0.3) is 0 Å². The number of nitrogens with one attached hydrogen (secondary N) is 1. The predicted molar refractivity (Wildman–Crippen MR) is 62.1 cm³/mol. The molecule has 4 nitrogen and oxygen atoms in total. The normalized spacial score (nSPS) is 22.2. The zero-order valence-corrected chi connectivity index (χ0v) is 10.1. The van der Waals surface area contributed by atoms with E-state index in [1.165, 1.54) is 12.1 Å². The van der Waals surface area contributed by atoms with E-state index in [-0.39, 0.29) is 6.10 Å². The van der Waals surface area contributed by atoms with Crippen LogP contribution in [0, 0.1) is 0 Å². The van der Waals surface area contributed by atoms with Crippen LogP contribution < -0.4 is 11.3 Å². The number of hydrogen-bond donors (Lipinski definition) is 2. The van der Waals surface area contributed by atoms with Gasteiger partial charge in [-0.1, -0.05) is 12.1 Å². The first-order chi connectivity index (χ1) is 9.02. The molecule has 1 fully saturated rings. The summed E-state index contributed by atoms with van der Waals surface area (Å²) in [6, 6.07) is 4.45. The Bertz CT molecular complexity index is 402. The molecule has 0 aromatic heterocycles. The molecule has 1 aliphatic rings. The van der Waals surface area contributed by atoms with Crippen molar-refractivity contribution >= 4 is 0 Å². The van der Waals surface area contributed by atoms with Crippen LogP contribution in [0.3, 0.4) is 0 Å². The molecule has 19 heavy (non-hydrogen) atoms. The summed E-state index contributed by atoms with van der Waals surface area (Å²) in [4.78, 5) is 0. The van der Waals surface area contributed by atoms with Crippen LogP contribution >= 0.6 is 0 Å². The molecular formula is C12H15F3N2O2. The van der Waals surface area contributed by atoms with Gasteiger partial charge in [-0.05, 0) is 17.7 Å². The molecule has 1 heterocycles. The molecule has 2 atom stereocenters. The van der Waals surface area contributed by atoms with Gasteiger partial charge in [0.2, 0.25) is 0 Å². The summed E-state index contributed by atoms with van der Waals surface area (Å²) in [6.07, 6.45) is -4.65. The van der Waals surface area contributed by atoms with E-state index in [1.54, 1.807) is 0 Å². The van der Waals surface area contributed by atoms with Gasteiger partial charge in [0, 0.05) is 0 Å². The van der Waals surface area contributed by atoms with E-state index >= 15 is 0 Å². The number of halogens is 3. The van der Waals surface area contributed by atoms with Crippen molar-refractivity contribution in [3.8, 4) is 0 Å². The number of hydrogen-bond acceptors (Lipinski definition) is 4. The number of alkyl halides is 3. The van der Waals surface area contributed by atoms with Gasteiger partial charge in [-0.3, -0.25) is 11.3 Å². The van der Waals surface area contributed by atoms with Crippen molar-refractivity contribution in [2.75, 3.05) is 19.8 Å². The standard InChI is InChI=1S/C12H15F3N2O2/c13-12(14,15)9-3-1-8(2-4-9)11(17-16)10-7-18-5-6-19-10/h1-4,10-11,17H,5-7,16H2. The van der Waals surface area contributed by atoms with Crippen molar-refractivity contribution in [1.82, 2.24) is 5.43 Å².